The average molecular weight is 284 g/mol. The first-order chi connectivity index (χ1) is 10.1. The van der Waals surface area contributed by atoms with E-state index >= 15 is 0 Å². The second-order valence-corrected chi connectivity index (χ2v) is 5.17. The number of nitrogens with one attached hydrogen (secondary N) is 1. The highest BCUT2D eigenvalue weighted by Crippen LogP contribution is 2.07. The first-order valence-corrected chi connectivity index (χ1v) is 6.91. The molecule has 110 valence electrons. The minimum atomic E-state index is -0.145. The van der Waals surface area contributed by atoms with E-state index in [2.05, 4.69) is 46.7 Å². The number of carbonyl (C=O) groups excluding carboxylic acids is 1. The number of hydrogen-bond donors (Lipinski definition) is 1. The van der Waals surface area contributed by atoms with Gasteiger partial charge < -0.3 is 10.2 Å². The lowest BCUT2D eigenvalue weighted by Gasteiger charge is -2.09. The molecule has 5 nitrogen and oxygen atoms in total. The fourth-order valence-electron chi connectivity index (χ4n) is 1.97. The molecular formula is C16H20N4O. The number of aryl methyl sites for hydroxylation is 1. The SMILES string of the molecule is Cc1cccc(CCNc2ccc(C(=O)N(C)C)nn2)c1. The molecule has 0 unspecified atom stereocenters. The maximum atomic E-state index is 11.7. The Bertz CT molecular complexity index is 608. The van der Waals surface area contributed by atoms with Crippen molar-refractivity contribution < 1.29 is 4.79 Å². The van der Waals surface area contributed by atoms with E-state index in [1.165, 1.54) is 16.0 Å². The number of benzene rings is 1. The first kappa shape index (κ1) is 15.0. The molecular weight excluding hydrogens is 264 g/mol. The number of aromatic nitrogens is 2. The highest BCUT2D eigenvalue weighted by molar-refractivity contribution is 5.91. The van der Waals surface area contributed by atoms with Crippen LogP contribution in [0.1, 0.15) is 21.6 Å². The van der Waals surface area contributed by atoms with Crippen molar-refractivity contribution in [3.8, 4) is 0 Å². The third kappa shape index (κ3) is 4.27. The minimum absolute atomic E-state index is 0.145. The minimum Gasteiger partial charge on any atom is -0.368 e. The summed E-state index contributed by atoms with van der Waals surface area (Å²) in [6.45, 7) is 2.86. The molecule has 1 heterocycles. The van der Waals surface area contributed by atoms with E-state index in [-0.39, 0.29) is 5.91 Å². The van der Waals surface area contributed by atoms with Crippen LogP contribution in [0.5, 0.6) is 0 Å². The maximum absolute atomic E-state index is 11.7. The predicted octanol–water partition coefficient (Wildman–Crippen LogP) is 2.14. The van der Waals surface area contributed by atoms with Crippen LogP contribution in [0.3, 0.4) is 0 Å². The Hall–Kier alpha value is -2.43. The molecule has 0 aliphatic carbocycles. The average Bonchev–Trinajstić information content (AvgIpc) is 2.47. The van der Waals surface area contributed by atoms with Gasteiger partial charge in [-0.15, -0.1) is 10.2 Å². The Morgan fingerprint density at radius 2 is 2.00 bits per heavy atom. The van der Waals surface area contributed by atoms with E-state index in [1.807, 2.05) is 0 Å². The lowest BCUT2D eigenvalue weighted by atomic mass is 10.1. The molecule has 5 heteroatoms. The highest BCUT2D eigenvalue weighted by Gasteiger charge is 2.09. The topological polar surface area (TPSA) is 58.1 Å². The van der Waals surface area contributed by atoms with Crippen LogP contribution in [-0.2, 0) is 6.42 Å². The van der Waals surface area contributed by atoms with Crippen molar-refractivity contribution in [2.75, 3.05) is 26.0 Å². The fraction of sp³-hybridized carbons (Fsp3) is 0.312. The lowest BCUT2D eigenvalue weighted by Crippen LogP contribution is -2.23. The van der Waals surface area contributed by atoms with E-state index in [1.54, 1.807) is 26.2 Å². The summed E-state index contributed by atoms with van der Waals surface area (Å²) in [5, 5.41) is 11.2. The third-order valence-corrected chi connectivity index (χ3v) is 3.09. The smallest absolute Gasteiger partial charge is 0.273 e. The van der Waals surface area contributed by atoms with Crippen LogP contribution in [0.2, 0.25) is 0 Å². The summed E-state index contributed by atoms with van der Waals surface area (Å²) < 4.78 is 0. The lowest BCUT2D eigenvalue weighted by molar-refractivity contribution is 0.0821. The van der Waals surface area contributed by atoms with Gasteiger partial charge in [0.05, 0.1) is 0 Å². The molecule has 0 bridgehead atoms. The van der Waals surface area contributed by atoms with Gasteiger partial charge in [-0.1, -0.05) is 29.8 Å². The van der Waals surface area contributed by atoms with Gasteiger partial charge in [0, 0.05) is 20.6 Å². The van der Waals surface area contributed by atoms with Gasteiger partial charge in [-0.25, -0.2) is 0 Å². The molecule has 2 rings (SSSR count). The summed E-state index contributed by atoms with van der Waals surface area (Å²) in [5.74, 6) is 0.534. The van der Waals surface area contributed by atoms with Gasteiger partial charge in [-0.2, -0.15) is 0 Å². The van der Waals surface area contributed by atoms with Crippen molar-refractivity contribution in [3.63, 3.8) is 0 Å². The number of nitrogens with zero attached hydrogens (tertiary/aromatic N) is 3. The van der Waals surface area contributed by atoms with Gasteiger partial charge in [0.2, 0.25) is 0 Å². The zero-order valence-electron chi connectivity index (χ0n) is 12.6. The number of carbonyl (C=O) groups is 1. The van der Waals surface area contributed by atoms with Crippen LogP contribution in [0.4, 0.5) is 5.82 Å². The molecule has 0 aliphatic rings. The zero-order chi connectivity index (χ0) is 15.2. The van der Waals surface area contributed by atoms with E-state index < -0.39 is 0 Å². The van der Waals surface area contributed by atoms with Crippen LogP contribution in [-0.4, -0.2) is 41.6 Å². The molecule has 0 aliphatic heterocycles. The first-order valence-electron chi connectivity index (χ1n) is 6.91. The van der Waals surface area contributed by atoms with Crippen LogP contribution >= 0.6 is 0 Å². The monoisotopic (exact) mass is 284 g/mol. The molecule has 1 N–H and O–H groups in total. The highest BCUT2D eigenvalue weighted by atomic mass is 16.2. The van der Waals surface area contributed by atoms with Gasteiger partial charge in [-0.3, -0.25) is 4.79 Å². The summed E-state index contributed by atoms with van der Waals surface area (Å²) in [7, 11) is 3.38. The quantitative estimate of drug-likeness (QED) is 0.914. The van der Waals surface area contributed by atoms with Gasteiger partial charge in [0.15, 0.2) is 5.69 Å². The van der Waals surface area contributed by atoms with Crippen molar-refractivity contribution in [2.45, 2.75) is 13.3 Å². The summed E-state index contributed by atoms with van der Waals surface area (Å²) in [6, 6.07) is 11.9. The van der Waals surface area contributed by atoms with Crippen LogP contribution in [0.15, 0.2) is 36.4 Å². The molecule has 0 saturated carbocycles. The molecule has 1 aromatic carbocycles. The van der Waals surface area contributed by atoms with Gasteiger partial charge >= 0.3 is 0 Å². The molecule has 0 radical (unpaired) electrons. The largest absolute Gasteiger partial charge is 0.368 e. The second kappa shape index (κ2) is 6.83. The van der Waals surface area contributed by atoms with Crippen molar-refractivity contribution in [2.24, 2.45) is 0 Å². The number of hydrogen-bond acceptors (Lipinski definition) is 4. The number of anilines is 1. The van der Waals surface area contributed by atoms with Crippen LogP contribution < -0.4 is 5.32 Å². The fourth-order valence-corrected chi connectivity index (χ4v) is 1.97. The number of rotatable bonds is 5. The summed E-state index contributed by atoms with van der Waals surface area (Å²) in [4.78, 5) is 13.2. The Morgan fingerprint density at radius 3 is 2.62 bits per heavy atom. The van der Waals surface area contributed by atoms with E-state index in [0.29, 0.717) is 11.5 Å². The molecule has 0 atom stereocenters. The zero-order valence-corrected chi connectivity index (χ0v) is 12.6. The molecule has 0 saturated heterocycles. The van der Waals surface area contributed by atoms with Crippen LogP contribution in [0, 0.1) is 6.92 Å². The summed E-state index contributed by atoms with van der Waals surface area (Å²) >= 11 is 0. The van der Waals surface area contributed by atoms with Gasteiger partial charge in [-0.05, 0) is 31.0 Å². The predicted molar refractivity (Wildman–Crippen MR) is 83.4 cm³/mol. The van der Waals surface area contributed by atoms with Gasteiger partial charge in [0.25, 0.3) is 5.91 Å². The third-order valence-electron chi connectivity index (χ3n) is 3.09. The normalized spacial score (nSPS) is 10.2. The molecule has 1 amide bonds. The van der Waals surface area contributed by atoms with Gasteiger partial charge in [0.1, 0.15) is 5.82 Å². The van der Waals surface area contributed by atoms with Crippen molar-refractivity contribution in [1.29, 1.82) is 0 Å². The van der Waals surface area contributed by atoms with Crippen molar-refractivity contribution in [1.82, 2.24) is 15.1 Å². The summed E-state index contributed by atoms with van der Waals surface area (Å²) in [6.07, 6.45) is 0.918. The van der Waals surface area contributed by atoms with Crippen LogP contribution in [0.25, 0.3) is 0 Å². The molecule has 2 aromatic rings. The molecule has 21 heavy (non-hydrogen) atoms. The Labute approximate surface area is 125 Å². The maximum Gasteiger partial charge on any atom is 0.273 e. The van der Waals surface area contributed by atoms with Crippen molar-refractivity contribution >= 4 is 11.7 Å². The van der Waals surface area contributed by atoms with Crippen molar-refractivity contribution in [3.05, 3.63) is 53.2 Å². The second-order valence-electron chi connectivity index (χ2n) is 5.17. The molecule has 0 fully saturated rings. The Kier molecular flexibility index (Phi) is 4.87. The Balaban J connectivity index is 1.88. The molecule has 0 spiro atoms. The standard InChI is InChI=1S/C16H20N4O/c1-12-5-4-6-13(11-12)9-10-17-15-8-7-14(18-19-15)16(21)20(2)3/h4-8,11H,9-10H2,1-3H3,(H,17,19). The van der Waals surface area contributed by atoms with E-state index in [0.717, 1.165) is 13.0 Å². The molecule has 1 aromatic heterocycles. The Morgan fingerprint density at radius 1 is 1.19 bits per heavy atom. The van der Waals surface area contributed by atoms with E-state index in [4.69, 9.17) is 0 Å². The van der Waals surface area contributed by atoms with E-state index in [9.17, 15) is 4.79 Å². The number of amides is 1. The summed E-state index contributed by atoms with van der Waals surface area (Å²) in [5.41, 5.74) is 2.90.